The van der Waals surface area contributed by atoms with Crippen LogP contribution in [0.1, 0.15) is 23.2 Å². The minimum Gasteiger partial charge on any atom is -0.339 e. The van der Waals surface area contributed by atoms with E-state index in [0.717, 1.165) is 36.4 Å². The van der Waals surface area contributed by atoms with Crippen molar-refractivity contribution in [3.63, 3.8) is 0 Å². The summed E-state index contributed by atoms with van der Waals surface area (Å²) in [6.45, 7) is 1.78. The summed E-state index contributed by atoms with van der Waals surface area (Å²) in [6.07, 6.45) is 2.25. The lowest BCUT2D eigenvalue weighted by Crippen LogP contribution is -2.27. The maximum absolute atomic E-state index is 11.9. The molecule has 1 amide bonds. The van der Waals surface area contributed by atoms with E-state index in [1.165, 1.54) is 0 Å². The van der Waals surface area contributed by atoms with Crippen molar-refractivity contribution in [2.24, 2.45) is 0 Å². The smallest absolute Gasteiger partial charge is 0.254 e. The molecule has 0 bridgehead atoms. The summed E-state index contributed by atoms with van der Waals surface area (Å²) in [6, 6.07) is 7.46. The van der Waals surface area contributed by atoms with Crippen molar-refractivity contribution in [3.8, 4) is 0 Å². The number of carbonyl (C=O) groups excluding carboxylic acids is 1. The molecule has 3 heteroatoms. The van der Waals surface area contributed by atoms with E-state index < -0.39 is 0 Å². The summed E-state index contributed by atoms with van der Waals surface area (Å²) in [5.41, 5.74) is 0.720. The van der Waals surface area contributed by atoms with Crippen LogP contribution in [0.3, 0.4) is 0 Å². The number of hydrogen-bond acceptors (Lipinski definition) is 2. The van der Waals surface area contributed by atoms with Crippen molar-refractivity contribution in [1.82, 2.24) is 4.90 Å². The SMILES string of the molecule is O=C(c1ccccc1S)N1CCCC1. The Morgan fingerprint density at radius 3 is 2.50 bits per heavy atom. The summed E-state index contributed by atoms with van der Waals surface area (Å²) in [4.78, 5) is 14.6. The first-order valence-electron chi connectivity index (χ1n) is 4.86. The minimum absolute atomic E-state index is 0.119. The van der Waals surface area contributed by atoms with Gasteiger partial charge in [0, 0.05) is 18.0 Å². The molecule has 0 spiro atoms. The van der Waals surface area contributed by atoms with Crippen LogP contribution >= 0.6 is 12.6 Å². The van der Waals surface area contributed by atoms with Gasteiger partial charge in [0.1, 0.15) is 0 Å². The molecule has 1 aromatic carbocycles. The molecule has 0 atom stereocenters. The van der Waals surface area contributed by atoms with Gasteiger partial charge in [-0.25, -0.2) is 0 Å². The molecule has 1 aromatic rings. The number of nitrogens with zero attached hydrogens (tertiary/aromatic N) is 1. The molecule has 0 unspecified atom stereocenters. The molecule has 2 nitrogen and oxygen atoms in total. The molecule has 14 heavy (non-hydrogen) atoms. The van der Waals surface area contributed by atoms with Crippen LogP contribution in [0.15, 0.2) is 29.2 Å². The highest BCUT2D eigenvalue weighted by atomic mass is 32.1. The average molecular weight is 207 g/mol. The van der Waals surface area contributed by atoms with Crippen molar-refractivity contribution in [2.45, 2.75) is 17.7 Å². The third-order valence-corrected chi connectivity index (χ3v) is 2.92. The molecular weight excluding hydrogens is 194 g/mol. The van der Waals surface area contributed by atoms with Gasteiger partial charge in [0.25, 0.3) is 5.91 Å². The second-order valence-corrected chi connectivity index (χ2v) is 4.00. The maximum atomic E-state index is 11.9. The van der Waals surface area contributed by atoms with Crippen LogP contribution in [-0.2, 0) is 0 Å². The Labute approximate surface area is 89.3 Å². The maximum Gasteiger partial charge on any atom is 0.254 e. The van der Waals surface area contributed by atoms with Crippen molar-refractivity contribution in [1.29, 1.82) is 0 Å². The molecule has 1 fully saturated rings. The zero-order valence-electron chi connectivity index (χ0n) is 7.94. The summed E-state index contributed by atoms with van der Waals surface area (Å²) in [7, 11) is 0. The van der Waals surface area contributed by atoms with Crippen LogP contribution in [0.5, 0.6) is 0 Å². The van der Waals surface area contributed by atoms with Gasteiger partial charge in [-0.2, -0.15) is 0 Å². The van der Waals surface area contributed by atoms with E-state index in [2.05, 4.69) is 12.6 Å². The molecule has 1 aliphatic rings. The number of carbonyl (C=O) groups is 1. The highest BCUT2D eigenvalue weighted by Gasteiger charge is 2.20. The van der Waals surface area contributed by atoms with E-state index >= 15 is 0 Å². The van der Waals surface area contributed by atoms with E-state index in [9.17, 15) is 4.79 Å². The zero-order valence-corrected chi connectivity index (χ0v) is 8.83. The van der Waals surface area contributed by atoms with E-state index in [0.29, 0.717) is 0 Å². The zero-order chi connectivity index (χ0) is 9.97. The Balaban J connectivity index is 2.22. The van der Waals surface area contributed by atoms with Gasteiger partial charge in [0.15, 0.2) is 0 Å². The van der Waals surface area contributed by atoms with Gasteiger partial charge in [-0.15, -0.1) is 12.6 Å². The Bertz CT molecular complexity index is 345. The molecule has 0 radical (unpaired) electrons. The van der Waals surface area contributed by atoms with Crippen LogP contribution in [0.25, 0.3) is 0 Å². The predicted molar refractivity (Wildman–Crippen MR) is 58.8 cm³/mol. The highest BCUT2D eigenvalue weighted by Crippen LogP contribution is 2.18. The molecule has 0 aromatic heterocycles. The number of rotatable bonds is 1. The van der Waals surface area contributed by atoms with Gasteiger partial charge in [0.05, 0.1) is 5.56 Å². The van der Waals surface area contributed by atoms with Crippen molar-refractivity contribution in [3.05, 3.63) is 29.8 Å². The van der Waals surface area contributed by atoms with Crippen molar-refractivity contribution >= 4 is 18.5 Å². The Morgan fingerprint density at radius 2 is 1.86 bits per heavy atom. The second-order valence-electron chi connectivity index (χ2n) is 3.52. The average Bonchev–Trinajstić information content (AvgIpc) is 2.70. The number of benzene rings is 1. The minimum atomic E-state index is 0.119. The lowest BCUT2D eigenvalue weighted by molar-refractivity contribution is 0.0789. The molecule has 0 aliphatic carbocycles. The Kier molecular flexibility index (Phi) is 2.77. The van der Waals surface area contributed by atoms with E-state index in [4.69, 9.17) is 0 Å². The van der Waals surface area contributed by atoms with Crippen LogP contribution in [0, 0.1) is 0 Å². The van der Waals surface area contributed by atoms with Gasteiger partial charge in [0.2, 0.25) is 0 Å². The fraction of sp³-hybridized carbons (Fsp3) is 0.364. The number of amides is 1. The molecule has 2 rings (SSSR count). The summed E-state index contributed by atoms with van der Waals surface area (Å²) >= 11 is 4.28. The van der Waals surface area contributed by atoms with Crippen LogP contribution in [0.2, 0.25) is 0 Å². The molecule has 1 heterocycles. The molecular formula is C11H13NOS. The summed E-state index contributed by atoms with van der Waals surface area (Å²) in [5.74, 6) is 0.119. The normalized spacial score (nSPS) is 15.9. The lowest BCUT2D eigenvalue weighted by Gasteiger charge is -2.15. The third kappa shape index (κ3) is 1.77. The third-order valence-electron chi connectivity index (χ3n) is 2.53. The van der Waals surface area contributed by atoms with Gasteiger partial charge >= 0.3 is 0 Å². The predicted octanol–water partition coefficient (Wildman–Crippen LogP) is 2.21. The fourth-order valence-electron chi connectivity index (χ4n) is 1.75. The lowest BCUT2D eigenvalue weighted by atomic mass is 10.2. The number of thiol groups is 1. The van der Waals surface area contributed by atoms with Crippen LogP contribution in [0.4, 0.5) is 0 Å². The van der Waals surface area contributed by atoms with Crippen LogP contribution < -0.4 is 0 Å². The van der Waals surface area contributed by atoms with Crippen LogP contribution in [-0.4, -0.2) is 23.9 Å². The van der Waals surface area contributed by atoms with Gasteiger partial charge in [-0.3, -0.25) is 4.79 Å². The number of likely N-dealkylation sites (tertiary alicyclic amines) is 1. The van der Waals surface area contributed by atoms with E-state index in [1.54, 1.807) is 0 Å². The first-order chi connectivity index (χ1) is 6.79. The van der Waals surface area contributed by atoms with Gasteiger partial charge in [-0.1, -0.05) is 12.1 Å². The molecule has 1 aliphatic heterocycles. The quantitative estimate of drug-likeness (QED) is 0.700. The monoisotopic (exact) mass is 207 g/mol. The Morgan fingerprint density at radius 1 is 1.21 bits per heavy atom. The standard InChI is InChI=1S/C11H13NOS/c13-11(12-7-3-4-8-12)9-5-1-2-6-10(9)14/h1-2,5-6,14H,3-4,7-8H2. The van der Waals surface area contributed by atoms with Crippen molar-refractivity contribution in [2.75, 3.05) is 13.1 Å². The number of hydrogen-bond donors (Lipinski definition) is 1. The Hall–Kier alpha value is -0.960. The van der Waals surface area contributed by atoms with Gasteiger partial charge in [-0.05, 0) is 25.0 Å². The fourth-order valence-corrected chi connectivity index (χ4v) is 2.00. The molecule has 0 N–H and O–H groups in total. The van der Waals surface area contributed by atoms with E-state index in [-0.39, 0.29) is 5.91 Å². The van der Waals surface area contributed by atoms with Gasteiger partial charge < -0.3 is 4.90 Å². The first-order valence-corrected chi connectivity index (χ1v) is 5.31. The van der Waals surface area contributed by atoms with E-state index in [1.807, 2.05) is 29.2 Å². The van der Waals surface area contributed by atoms with Crippen molar-refractivity contribution < 1.29 is 4.79 Å². The molecule has 0 saturated carbocycles. The second kappa shape index (κ2) is 4.05. The summed E-state index contributed by atoms with van der Waals surface area (Å²) in [5, 5.41) is 0. The first kappa shape index (κ1) is 9.59. The topological polar surface area (TPSA) is 20.3 Å². The summed E-state index contributed by atoms with van der Waals surface area (Å²) < 4.78 is 0. The largest absolute Gasteiger partial charge is 0.339 e. The molecule has 74 valence electrons. The highest BCUT2D eigenvalue weighted by molar-refractivity contribution is 7.80. The molecule has 1 saturated heterocycles.